The van der Waals surface area contributed by atoms with Crippen LogP contribution in [-0.2, 0) is 0 Å². The molecule has 0 heterocycles. The molecule has 5 heavy (non-hydrogen) atoms. The van der Waals surface area contributed by atoms with Crippen molar-refractivity contribution in [2.45, 2.75) is 16.3 Å². The molecule has 0 aromatic rings. The first-order valence-electron chi connectivity index (χ1n) is 1.76. The Labute approximate surface area is 43.5 Å². The van der Waals surface area contributed by atoms with Crippen LogP contribution in [0.5, 0.6) is 0 Å². The van der Waals surface area contributed by atoms with Crippen molar-refractivity contribution in [1.82, 2.24) is 0 Å². The second-order valence-corrected chi connectivity index (χ2v) is 11.8. The van der Waals surface area contributed by atoms with E-state index in [0.29, 0.717) is 0 Å². The van der Waals surface area contributed by atoms with E-state index in [1.165, 1.54) is 4.44 Å². The summed E-state index contributed by atoms with van der Waals surface area (Å²) in [5.41, 5.74) is 0. The third kappa shape index (κ3) is 5.02. The van der Waals surface area contributed by atoms with Crippen molar-refractivity contribution in [2.24, 2.45) is 0 Å². The first-order valence-corrected chi connectivity index (χ1v) is 10.5. The van der Waals surface area contributed by atoms with Crippen molar-refractivity contribution in [3.8, 4) is 0 Å². The molecule has 0 radical (unpaired) electrons. The number of rotatable bonds is 1. The molecule has 0 aromatic carbocycles. The zero-order valence-corrected chi connectivity index (χ0v) is 7.29. The molecule has 0 saturated heterocycles. The van der Waals surface area contributed by atoms with Gasteiger partial charge in [0.05, 0.1) is 0 Å². The molecule has 0 nitrogen and oxygen atoms in total. The Hall–Kier alpha value is 1.02. The molecular weight excluding hydrogens is 187 g/mol. The predicted molar refractivity (Wildman–Crippen MR) is 29.7 cm³/mol. The van der Waals surface area contributed by atoms with Crippen molar-refractivity contribution < 1.29 is 0 Å². The molecule has 0 aliphatic heterocycles. The SMILES string of the molecule is C[CH2][Sn]([CH3])=[S]. The summed E-state index contributed by atoms with van der Waals surface area (Å²) >= 11 is -0.996. The quantitative estimate of drug-likeness (QED) is 0.575. The van der Waals surface area contributed by atoms with Crippen molar-refractivity contribution >= 4 is 27.1 Å². The first-order chi connectivity index (χ1) is 2.27. The van der Waals surface area contributed by atoms with Crippen LogP contribution in [0, 0.1) is 0 Å². The van der Waals surface area contributed by atoms with E-state index in [1.807, 2.05) is 0 Å². The average molecular weight is 195 g/mol. The van der Waals surface area contributed by atoms with Gasteiger partial charge in [0.15, 0.2) is 0 Å². The van der Waals surface area contributed by atoms with Gasteiger partial charge >= 0.3 is 43.4 Å². The molecule has 2 heteroatoms. The third-order valence-electron chi connectivity index (χ3n) is 0.498. The maximum absolute atomic E-state index is 4.98. The Bertz CT molecular complexity index is 42.2. The molecule has 0 N–H and O–H groups in total. The van der Waals surface area contributed by atoms with Gasteiger partial charge in [-0.15, -0.1) is 0 Å². The standard InChI is InChI=1S/C2H5.CH3.S.Sn/c1-2;;;/h1H2,2H3;1H3;;. The Morgan fingerprint density at radius 3 is 2.00 bits per heavy atom. The van der Waals surface area contributed by atoms with E-state index < -0.39 is 17.8 Å². The van der Waals surface area contributed by atoms with Crippen LogP contribution in [-0.4, -0.2) is 17.8 Å². The fraction of sp³-hybridized carbons (Fsp3) is 1.00. The normalized spacial score (nSPS) is 7.60. The van der Waals surface area contributed by atoms with Crippen LogP contribution in [0.25, 0.3) is 0 Å². The van der Waals surface area contributed by atoms with Crippen molar-refractivity contribution in [1.29, 1.82) is 0 Å². The van der Waals surface area contributed by atoms with Gasteiger partial charge in [0.25, 0.3) is 0 Å². The van der Waals surface area contributed by atoms with Gasteiger partial charge in [0, 0.05) is 0 Å². The van der Waals surface area contributed by atoms with Crippen molar-refractivity contribution in [3.05, 3.63) is 0 Å². The summed E-state index contributed by atoms with van der Waals surface area (Å²) in [7, 11) is 4.98. The van der Waals surface area contributed by atoms with Gasteiger partial charge in [-0.3, -0.25) is 0 Å². The molecule has 0 aromatic heterocycles. The predicted octanol–water partition coefficient (Wildman–Crippen LogP) is 1.83. The van der Waals surface area contributed by atoms with Crippen LogP contribution in [0.1, 0.15) is 6.92 Å². The summed E-state index contributed by atoms with van der Waals surface area (Å²) in [6, 6.07) is 0. The molecule has 0 bridgehead atoms. The minimum absolute atomic E-state index is 0.996. The summed E-state index contributed by atoms with van der Waals surface area (Å²) in [5, 5.41) is 0. The zero-order chi connectivity index (χ0) is 4.28. The fourth-order valence-electron chi connectivity index (χ4n) is 0. The van der Waals surface area contributed by atoms with Crippen LogP contribution < -0.4 is 0 Å². The van der Waals surface area contributed by atoms with Gasteiger partial charge in [-0.05, 0) is 0 Å². The van der Waals surface area contributed by atoms with E-state index in [4.69, 9.17) is 9.29 Å². The van der Waals surface area contributed by atoms with E-state index in [1.54, 1.807) is 0 Å². The van der Waals surface area contributed by atoms with Crippen molar-refractivity contribution in [3.63, 3.8) is 0 Å². The van der Waals surface area contributed by atoms with Crippen LogP contribution in [0.3, 0.4) is 0 Å². The molecule has 0 aliphatic carbocycles. The Balaban J connectivity index is 2.85. The molecule has 0 spiro atoms. The first kappa shape index (κ1) is 6.02. The van der Waals surface area contributed by atoms with Crippen LogP contribution >= 0.6 is 9.29 Å². The monoisotopic (exact) mass is 196 g/mol. The van der Waals surface area contributed by atoms with Gasteiger partial charge in [0.1, 0.15) is 0 Å². The van der Waals surface area contributed by atoms with Gasteiger partial charge in [-0.2, -0.15) is 0 Å². The summed E-state index contributed by atoms with van der Waals surface area (Å²) in [6.45, 7) is 2.18. The Morgan fingerprint density at radius 2 is 2.00 bits per heavy atom. The summed E-state index contributed by atoms with van der Waals surface area (Å²) in [6.07, 6.45) is 0. The van der Waals surface area contributed by atoms with Crippen molar-refractivity contribution in [2.75, 3.05) is 0 Å². The zero-order valence-electron chi connectivity index (χ0n) is 3.62. The molecular formula is C3H8SSn. The molecule has 30 valence electrons. The van der Waals surface area contributed by atoms with Gasteiger partial charge in [-0.25, -0.2) is 0 Å². The molecule has 0 fully saturated rings. The Morgan fingerprint density at radius 1 is 1.80 bits per heavy atom. The van der Waals surface area contributed by atoms with Crippen LogP contribution in [0.15, 0.2) is 0 Å². The number of hydrogen-bond acceptors (Lipinski definition) is 1. The molecule has 0 atom stereocenters. The van der Waals surface area contributed by atoms with E-state index in [9.17, 15) is 0 Å². The van der Waals surface area contributed by atoms with Gasteiger partial charge in [0.2, 0.25) is 0 Å². The molecule has 0 saturated carbocycles. The van der Waals surface area contributed by atoms with Gasteiger partial charge < -0.3 is 0 Å². The summed E-state index contributed by atoms with van der Waals surface area (Å²) in [4.78, 5) is 2.23. The van der Waals surface area contributed by atoms with Crippen LogP contribution in [0.4, 0.5) is 0 Å². The summed E-state index contributed by atoms with van der Waals surface area (Å²) < 4.78 is 1.32. The maximum atomic E-state index is 4.98. The van der Waals surface area contributed by atoms with Crippen LogP contribution in [0.2, 0.25) is 9.38 Å². The average Bonchev–Trinajstić information content (AvgIpc) is 1.38. The second-order valence-electron chi connectivity index (χ2n) is 1.06. The fourth-order valence-corrected chi connectivity index (χ4v) is 0. The molecule has 0 aliphatic rings. The molecule has 0 rings (SSSR count). The van der Waals surface area contributed by atoms with E-state index in [0.717, 1.165) is 0 Å². The molecule has 0 unspecified atom stereocenters. The van der Waals surface area contributed by atoms with Gasteiger partial charge in [-0.1, -0.05) is 0 Å². The van der Waals surface area contributed by atoms with E-state index >= 15 is 0 Å². The number of hydrogen-bond donors (Lipinski definition) is 0. The van der Waals surface area contributed by atoms with E-state index in [-0.39, 0.29) is 0 Å². The topological polar surface area (TPSA) is 0 Å². The van der Waals surface area contributed by atoms with E-state index in [2.05, 4.69) is 11.9 Å². The summed E-state index contributed by atoms with van der Waals surface area (Å²) in [5.74, 6) is 0. The molecule has 0 amide bonds. The second kappa shape index (κ2) is 3.22. The minimum atomic E-state index is -0.996. The third-order valence-corrected chi connectivity index (χ3v) is 5.28. The Kier molecular flexibility index (Phi) is 3.87.